The highest BCUT2D eigenvalue weighted by Crippen LogP contribution is 2.30. The molecule has 4 rings (SSSR count). The zero-order valence-electron chi connectivity index (χ0n) is 21.3. The first-order valence-corrected chi connectivity index (χ1v) is 12.5. The Morgan fingerprint density at radius 1 is 1.25 bits per heavy atom. The predicted molar refractivity (Wildman–Crippen MR) is 133 cm³/mol. The number of rotatable bonds is 10. The van der Waals surface area contributed by atoms with Crippen LogP contribution in [0.4, 0.5) is 5.95 Å². The van der Waals surface area contributed by atoms with Crippen molar-refractivity contribution in [1.82, 2.24) is 34.9 Å². The smallest absolute Gasteiger partial charge is 0.306 e. The Bertz CT molecular complexity index is 1200. The van der Waals surface area contributed by atoms with Crippen molar-refractivity contribution in [1.29, 1.82) is 0 Å². The van der Waals surface area contributed by atoms with Crippen LogP contribution in [0.25, 0.3) is 11.4 Å². The Labute approximate surface area is 210 Å². The number of pyridine rings is 1. The topological polar surface area (TPSA) is 141 Å². The summed E-state index contributed by atoms with van der Waals surface area (Å²) in [6.45, 7) is 6.66. The molecule has 0 bridgehead atoms. The third kappa shape index (κ3) is 6.32. The van der Waals surface area contributed by atoms with Gasteiger partial charge in [0.1, 0.15) is 23.6 Å². The van der Waals surface area contributed by atoms with Gasteiger partial charge in [-0.05, 0) is 57.1 Å². The van der Waals surface area contributed by atoms with Crippen LogP contribution in [0.5, 0.6) is 5.75 Å². The first-order chi connectivity index (χ1) is 17.3. The molecule has 2 N–H and O–H groups in total. The van der Waals surface area contributed by atoms with E-state index in [0.29, 0.717) is 48.4 Å². The van der Waals surface area contributed by atoms with Crippen LogP contribution in [-0.4, -0.2) is 52.1 Å². The highest BCUT2D eigenvalue weighted by molar-refractivity contribution is 5.70. The second kappa shape index (κ2) is 11.4. The number of carbonyl (C=O) groups is 1. The van der Waals surface area contributed by atoms with Crippen molar-refractivity contribution >= 4 is 11.9 Å². The number of aryl methyl sites for hydroxylation is 3. The number of anilines is 1. The van der Waals surface area contributed by atoms with Gasteiger partial charge in [-0.2, -0.15) is 4.98 Å². The third-order valence-electron chi connectivity index (χ3n) is 6.47. The molecule has 0 spiro atoms. The average molecular weight is 495 g/mol. The van der Waals surface area contributed by atoms with Crippen molar-refractivity contribution in [3.8, 4) is 17.1 Å². The molecule has 11 nitrogen and oxygen atoms in total. The van der Waals surface area contributed by atoms with E-state index in [1.54, 1.807) is 4.68 Å². The lowest BCUT2D eigenvalue weighted by molar-refractivity contribution is -0.143. The maximum absolute atomic E-state index is 11.4. The van der Waals surface area contributed by atoms with Gasteiger partial charge in [-0.25, -0.2) is 19.6 Å². The van der Waals surface area contributed by atoms with Crippen molar-refractivity contribution in [2.45, 2.75) is 71.9 Å². The lowest BCUT2D eigenvalue weighted by Crippen LogP contribution is -2.29. The molecular weight excluding hydrogens is 460 g/mol. The summed E-state index contributed by atoms with van der Waals surface area (Å²) in [5, 5.41) is 21.1. The molecule has 36 heavy (non-hydrogen) atoms. The van der Waals surface area contributed by atoms with Crippen molar-refractivity contribution in [3.63, 3.8) is 0 Å². The molecule has 1 aliphatic carbocycles. The van der Waals surface area contributed by atoms with Crippen molar-refractivity contribution in [3.05, 3.63) is 35.7 Å². The lowest BCUT2D eigenvalue weighted by Gasteiger charge is -2.27. The molecule has 1 saturated carbocycles. The summed E-state index contributed by atoms with van der Waals surface area (Å²) in [4.78, 5) is 29.1. The average Bonchev–Trinajstić information content (AvgIpc) is 3.23. The Morgan fingerprint density at radius 2 is 2.08 bits per heavy atom. The molecule has 0 radical (unpaired) electrons. The Balaban J connectivity index is 1.44. The summed E-state index contributed by atoms with van der Waals surface area (Å²) in [7, 11) is 1.83. The molecular formula is C25H34N8O3. The van der Waals surface area contributed by atoms with Gasteiger partial charge in [-0.3, -0.25) is 4.79 Å². The zero-order chi connectivity index (χ0) is 25.7. The van der Waals surface area contributed by atoms with Crippen molar-refractivity contribution < 1.29 is 14.6 Å². The van der Waals surface area contributed by atoms with E-state index in [9.17, 15) is 9.90 Å². The number of carboxylic acid groups (broad SMARTS) is 1. The van der Waals surface area contributed by atoms with Crippen LogP contribution in [0.3, 0.4) is 0 Å². The molecule has 0 aromatic carbocycles. The summed E-state index contributed by atoms with van der Waals surface area (Å²) in [5.74, 6) is 1.43. The molecule has 2 atom stereocenters. The molecule has 0 amide bonds. The number of aromatic nitrogens is 7. The van der Waals surface area contributed by atoms with Crippen LogP contribution in [0, 0.1) is 18.8 Å². The van der Waals surface area contributed by atoms with Crippen molar-refractivity contribution in [2.75, 3.05) is 5.32 Å². The molecule has 3 heterocycles. The highest BCUT2D eigenvalue weighted by atomic mass is 16.5. The number of hydrogen-bond acceptors (Lipinski definition) is 9. The van der Waals surface area contributed by atoms with Gasteiger partial charge < -0.3 is 15.2 Å². The van der Waals surface area contributed by atoms with Gasteiger partial charge in [0, 0.05) is 13.5 Å². The molecule has 3 aromatic rings. The summed E-state index contributed by atoms with van der Waals surface area (Å²) in [6.07, 6.45) is 6.17. The monoisotopic (exact) mass is 494 g/mol. The van der Waals surface area contributed by atoms with E-state index in [0.717, 1.165) is 42.9 Å². The first-order valence-electron chi connectivity index (χ1n) is 12.5. The minimum Gasteiger partial charge on any atom is -0.489 e. The molecule has 0 aliphatic heterocycles. The summed E-state index contributed by atoms with van der Waals surface area (Å²) >= 11 is 0. The fourth-order valence-corrected chi connectivity index (χ4v) is 4.35. The standard InChI is InChI=1S/C25H34N8O3/c1-15(2)8-11-22-27-14-28-25(30-22)26-13-20-23(31-32-33(20)4)19-9-10-21(16(3)29-19)36-18-7-5-6-17(12-18)24(34)35/h9-10,14-15,17-18H,5-8,11-13H2,1-4H3,(H,34,35)(H,26,27,28,30)/t17-,18-/m0/s1. The van der Waals surface area contributed by atoms with E-state index in [1.807, 2.05) is 26.1 Å². The quantitative estimate of drug-likeness (QED) is 0.429. The Hall–Kier alpha value is -3.63. The molecule has 192 valence electrons. The van der Waals surface area contributed by atoms with E-state index < -0.39 is 5.97 Å². The first kappa shape index (κ1) is 25.5. The molecule has 11 heteroatoms. The van der Waals surface area contributed by atoms with Crippen LogP contribution in [0.1, 0.15) is 63.2 Å². The molecule has 1 aliphatic rings. The lowest BCUT2D eigenvalue weighted by atomic mass is 9.87. The summed E-state index contributed by atoms with van der Waals surface area (Å²) in [5.41, 5.74) is 2.92. The van der Waals surface area contributed by atoms with Crippen LogP contribution < -0.4 is 10.1 Å². The SMILES string of the molecule is Cc1nc(-c2nnn(C)c2CNc2ncnc(CCC(C)C)n2)ccc1O[C@H]1CCC[C@H](C(=O)O)C1. The number of nitrogens with zero attached hydrogens (tertiary/aromatic N) is 7. The van der Waals surface area contributed by atoms with Gasteiger partial charge in [-0.15, -0.1) is 5.10 Å². The number of hydrogen-bond donors (Lipinski definition) is 2. The van der Waals surface area contributed by atoms with Crippen molar-refractivity contribution in [2.24, 2.45) is 18.9 Å². The molecule has 0 unspecified atom stereocenters. The number of nitrogens with one attached hydrogen (secondary N) is 1. The van der Waals surface area contributed by atoms with Gasteiger partial charge in [0.05, 0.1) is 35.6 Å². The zero-order valence-corrected chi connectivity index (χ0v) is 21.3. The number of carboxylic acids is 1. The molecule has 3 aromatic heterocycles. The van der Waals surface area contributed by atoms with E-state index in [-0.39, 0.29) is 12.0 Å². The minimum absolute atomic E-state index is 0.117. The van der Waals surface area contributed by atoms with Gasteiger partial charge in [0.25, 0.3) is 0 Å². The molecule has 0 saturated heterocycles. The number of aliphatic carboxylic acids is 1. The fourth-order valence-electron chi connectivity index (χ4n) is 4.35. The van der Waals surface area contributed by atoms with Gasteiger partial charge >= 0.3 is 5.97 Å². The van der Waals surface area contributed by atoms with Crippen LogP contribution in [-0.2, 0) is 24.8 Å². The van der Waals surface area contributed by atoms with E-state index >= 15 is 0 Å². The third-order valence-corrected chi connectivity index (χ3v) is 6.47. The van der Waals surface area contributed by atoms with Gasteiger partial charge in [0.2, 0.25) is 5.95 Å². The normalized spacial score (nSPS) is 17.8. The summed E-state index contributed by atoms with van der Waals surface area (Å²) in [6, 6.07) is 3.74. The van der Waals surface area contributed by atoms with Crippen LogP contribution in [0.15, 0.2) is 18.5 Å². The predicted octanol–water partition coefficient (Wildman–Crippen LogP) is 3.59. The second-order valence-electron chi connectivity index (χ2n) is 9.74. The van der Waals surface area contributed by atoms with Crippen LogP contribution >= 0.6 is 0 Å². The Kier molecular flexibility index (Phi) is 8.07. The van der Waals surface area contributed by atoms with E-state index in [4.69, 9.17) is 9.72 Å². The summed E-state index contributed by atoms with van der Waals surface area (Å²) < 4.78 is 7.85. The fraction of sp³-hybridized carbons (Fsp3) is 0.560. The Morgan fingerprint density at radius 3 is 2.83 bits per heavy atom. The minimum atomic E-state index is -0.749. The second-order valence-corrected chi connectivity index (χ2v) is 9.74. The largest absolute Gasteiger partial charge is 0.489 e. The van der Waals surface area contributed by atoms with E-state index in [2.05, 4.69) is 44.4 Å². The maximum atomic E-state index is 11.4. The highest BCUT2D eigenvalue weighted by Gasteiger charge is 2.28. The number of ether oxygens (including phenoxy) is 1. The van der Waals surface area contributed by atoms with Crippen LogP contribution in [0.2, 0.25) is 0 Å². The molecule has 1 fully saturated rings. The van der Waals surface area contributed by atoms with E-state index in [1.165, 1.54) is 6.33 Å². The maximum Gasteiger partial charge on any atom is 0.306 e. The van der Waals surface area contributed by atoms with Gasteiger partial charge in [0.15, 0.2) is 0 Å². The van der Waals surface area contributed by atoms with Gasteiger partial charge in [-0.1, -0.05) is 19.1 Å².